The van der Waals surface area contributed by atoms with Crippen molar-refractivity contribution >= 4 is 33.2 Å². The van der Waals surface area contributed by atoms with Gasteiger partial charge in [-0.05, 0) is 24.3 Å². The number of ether oxygens (including phenoxy) is 1. The first kappa shape index (κ1) is 15.1. The third kappa shape index (κ3) is 2.73. The van der Waals surface area contributed by atoms with Crippen molar-refractivity contribution in [3.8, 4) is 5.88 Å². The fourth-order valence-corrected chi connectivity index (χ4v) is 4.01. The Labute approximate surface area is 143 Å². The molecular weight excluding hydrogens is 324 g/mol. The van der Waals surface area contributed by atoms with Crippen LogP contribution < -0.4 is 15.0 Å². The van der Waals surface area contributed by atoms with E-state index in [0.717, 1.165) is 36.7 Å². The van der Waals surface area contributed by atoms with Gasteiger partial charge in [0.15, 0.2) is 0 Å². The molecule has 3 aromatic rings. The van der Waals surface area contributed by atoms with Gasteiger partial charge in [0.25, 0.3) is 0 Å². The van der Waals surface area contributed by atoms with E-state index in [1.165, 1.54) is 16.6 Å². The maximum absolute atomic E-state index is 5.14. The van der Waals surface area contributed by atoms with E-state index in [0.29, 0.717) is 11.9 Å². The number of anilines is 2. The van der Waals surface area contributed by atoms with Gasteiger partial charge in [-0.2, -0.15) is 0 Å². The van der Waals surface area contributed by atoms with Crippen molar-refractivity contribution in [2.45, 2.75) is 19.4 Å². The molecule has 0 aliphatic carbocycles. The van der Waals surface area contributed by atoms with Gasteiger partial charge in [-0.3, -0.25) is 0 Å². The molecule has 4 heterocycles. The fraction of sp³-hybridized carbons (Fsp3) is 0.375. The topological polar surface area (TPSA) is 76.1 Å². The maximum atomic E-state index is 5.14. The standard InChI is InChI=1S/C16H18N6OS/c1-10-7-24-15-14(10)19-9-20-16(15)22-4-3-11(6-22)21-12-5-13(23-2)18-8-17-12/h5,7-9,11H,3-4,6H2,1-2H3,(H,17,18,21). The monoisotopic (exact) mass is 342 g/mol. The largest absolute Gasteiger partial charge is 0.481 e. The molecule has 1 saturated heterocycles. The van der Waals surface area contributed by atoms with Crippen LogP contribution in [0.5, 0.6) is 5.88 Å². The number of hydrogen-bond acceptors (Lipinski definition) is 8. The summed E-state index contributed by atoms with van der Waals surface area (Å²) in [6, 6.07) is 2.13. The normalized spacial score (nSPS) is 17.4. The Bertz CT molecular complexity index is 867. The van der Waals surface area contributed by atoms with Crippen LogP contribution in [0.2, 0.25) is 0 Å². The van der Waals surface area contributed by atoms with Gasteiger partial charge >= 0.3 is 0 Å². The van der Waals surface area contributed by atoms with E-state index in [1.54, 1.807) is 24.8 Å². The summed E-state index contributed by atoms with van der Waals surface area (Å²) in [5, 5.41) is 5.60. The van der Waals surface area contributed by atoms with E-state index in [4.69, 9.17) is 4.74 Å². The first-order valence-corrected chi connectivity index (χ1v) is 8.69. The molecule has 1 aliphatic heterocycles. The van der Waals surface area contributed by atoms with Gasteiger partial charge in [-0.25, -0.2) is 19.9 Å². The number of thiophene rings is 1. The number of rotatable bonds is 4. The molecule has 0 amide bonds. The summed E-state index contributed by atoms with van der Waals surface area (Å²) in [7, 11) is 1.60. The zero-order chi connectivity index (χ0) is 16.5. The number of fused-ring (bicyclic) bond motifs is 1. The van der Waals surface area contributed by atoms with Crippen molar-refractivity contribution < 1.29 is 4.74 Å². The van der Waals surface area contributed by atoms with Crippen molar-refractivity contribution in [3.63, 3.8) is 0 Å². The lowest BCUT2D eigenvalue weighted by atomic mass is 10.2. The average Bonchev–Trinajstić information content (AvgIpc) is 3.22. The van der Waals surface area contributed by atoms with Gasteiger partial charge in [0.1, 0.15) is 24.3 Å². The number of hydrogen-bond donors (Lipinski definition) is 1. The van der Waals surface area contributed by atoms with Crippen molar-refractivity contribution in [2.24, 2.45) is 0 Å². The van der Waals surface area contributed by atoms with Crippen molar-refractivity contribution in [2.75, 3.05) is 30.4 Å². The summed E-state index contributed by atoms with van der Waals surface area (Å²) in [6.07, 6.45) is 4.20. The molecule has 124 valence electrons. The summed E-state index contributed by atoms with van der Waals surface area (Å²) in [6.45, 7) is 3.94. The number of aryl methyl sites for hydroxylation is 1. The first-order chi connectivity index (χ1) is 11.7. The second-order valence-corrected chi connectivity index (χ2v) is 6.69. The van der Waals surface area contributed by atoms with Crippen LogP contribution >= 0.6 is 11.3 Å². The van der Waals surface area contributed by atoms with E-state index < -0.39 is 0 Å². The zero-order valence-electron chi connectivity index (χ0n) is 13.6. The van der Waals surface area contributed by atoms with Gasteiger partial charge in [0, 0.05) is 25.2 Å². The van der Waals surface area contributed by atoms with Gasteiger partial charge in [-0.1, -0.05) is 0 Å². The molecule has 1 aliphatic rings. The highest BCUT2D eigenvalue weighted by Gasteiger charge is 2.25. The first-order valence-electron chi connectivity index (χ1n) is 7.81. The second kappa shape index (κ2) is 6.20. The summed E-state index contributed by atoms with van der Waals surface area (Å²) < 4.78 is 6.31. The number of nitrogens with one attached hydrogen (secondary N) is 1. The molecule has 0 saturated carbocycles. The molecule has 1 unspecified atom stereocenters. The van der Waals surface area contributed by atoms with Crippen LogP contribution in [-0.4, -0.2) is 46.2 Å². The lowest BCUT2D eigenvalue weighted by Crippen LogP contribution is -2.27. The number of methoxy groups -OCH3 is 1. The predicted molar refractivity (Wildman–Crippen MR) is 95.0 cm³/mol. The smallest absolute Gasteiger partial charge is 0.218 e. The maximum Gasteiger partial charge on any atom is 0.218 e. The average molecular weight is 342 g/mol. The Balaban J connectivity index is 1.51. The van der Waals surface area contributed by atoms with Crippen molar-refractivity contribution in [1.82, 2.24) is 19.9 Å². The van der Waals surface area contributed by atoms with E-state index >= 15 is 0 Å². The summed E-state index contributed by atoms with van der Waals surface area (Å²) >= 11 is 1.71. The number of nitrogens with zero attached hydrogens (tertiary/aromatic N) is 5. The molecule has 1 atom stereocenters. The fourth-order valence-electron chi connectivity index (χ4n) is 2.99. The van der Waals surface area contributed by atoms with Crippen LogP contribution in [0.25, 0.3) is 10.2 Å². The lowest BCUT2D eigenvalue weighted by molar-refractivity contribution is 0.397. The minimum absolute atomic E-state index is 0.315. The molecule has 1 fully saturated rings. The highest BCUT2D eigenvalue weighted by atomic mass is 32.1. The Morgan fingerprint density at radius 2 is 2.12 bits per heavy atom. The molecular formula is C16H18N6OS. The van der Waals surface area contributed by atoms with Gasteiger partial charge in [-0.15, -0.1) is 11.3 Å². The molecule has 8 heteroatoms. The highest BCUT2D eigenvalue weighted by Crippen LogP contribution is 2.32. The predicted octanol–water partition coefficient (Wildman–Crippen LogP) is 2.49. The minimum atomic E-state index is 0.315. The van der Waals surface area contributed by atoms with Crippen LogP contribution in [0, 0.1) is 6.92 Å². The van der Waals surface area contributed by atoms with E-state index in [2.05, 4.69) is 42.5 Å². The molecule has 0 spiro atoms. The molecule has 3 aromatic heterocycles. The van der Waals surface area contributed by atoms with E-state index in [1.807, 2.05) is 6.07 Å². The van der Waals surface area contributed by atoms with Gasteiger partial charge in [0.05, 0.1) is 17.3 Å². The molecule has 0 bridgehead atoms. The minimum Gasteiger partial charge on any atom is -0.481 e. The van der Waals surface area contributed by atoms with Crippen LogP contribution in [0.3, 0.4) is 0 Å². The lowest BCUT2D eigenvalue weighted by Gasteiger charge is -2.18. The Morgan fingerprint density at radius 3 is 3.00 bits per heavy atom. The Hall–Kier alpha value is -2.48. The molecule has 1 N–H and O–H groups in total. The number of aromatic nitrogens is 4. The molecule has 0 radical (unpaired) electrons. The van der Waals surface area contributed by atoms with Crippen LogP contribution in [0.15, 0.2) is 24.1 Å². The summed E-state index contributed by atoms with van der Waals surface area (Å²) in [4.78, 5) is 19.5. The van der Waals surface area contributed by atoms with Gasteiger partial charge < -0.3 is 15.0 Å². The Kier molecular flexibility index (Phi) is 3.89. The summed E-state index contributed by atoms with van der Waals surface area (Å²) in [5.74, 6) is 2.38. The second-order valence-electron chi connectivity index (χ2n) is 5.82. The molecule has 24 heavy (non-hydrogen) atoms. The highest BCUT2D eigenvalue weighted by molar-refractivity contribution is 7.18. The molecule has 7 nitrogen and oxygen atoms in total. The third-order valence-corrected chi connectivity index (χ3v) is 5.29. The van der Waals surface area contributed by atoms with Crippen molar-refractivity contribution in [1.29, 1.82) is 0 Å². The SMILES string of the molecule is COc1cc(NC2CCN(c3ncnc4c(C)csc34)C2)ncn1. The summed E-state index contributed by atoms with van der Waals surface area (Å²) in [5.41, 5.74) is 2.27. The van der Waals surface area contributed by atoms with Crippen LogP contribution in [-0.2, 0) is 0 Å². The van der Waals surface area contributed by atoms with Crippen molar-refractivity contribution in [3.05, 3.63) is 29.7 Å². The molecule has 0 aromatic carbocycles. The van der Waals surface area contributed by atoms with Crippen LogP contribution in [0.4, 0.5) is 11.6 Å². The quantitative estimate of drug-likeness (QED) is 0.780. The van der Waals surface area contributed by atoms with E-state index in [9.17, 15) is 0 Å². The Morgan fingerprint density at radius 1 is 1.25 bits per heavy atom. The van der Waals surface area contributed by atoms with E-state index in [-0.39, 0.29) is 0 Å². The third-order valence-electron chi connectivity index (χ3n) is 4.20. The van der Waals surface area contributed by atoms with Gasteiger partial charge in [0.2, 0.25) is 5.88 Å². The van der Waals surface area contributed by atoms with Crippen LogP contribution in [0.1, 0.15) is 12.0 Å². The zero-order valence-corrected chi connectivity index (χ0v) is 14.4. The molecule has 4 rings (SSSR count).